The molecule has 2 unspecified atom stereocenters. The summed E-state index contributed by atoms with van der Waals surface area (Å²) < 4.78 is 14.8. The predicted molar refractivity (Wildman–Crippen MR) is 158 cm³/mol. The second-order valence-electron chi connectivity index (χ2n) is 9.01. The maximum Gasteiger partial charge on any atom is 0.308 e. The van der Waals surface area contributed by atoms with E-state index in [0.29, 0.717) is 18.7 Å². The van der Waals surface area contributed by atoms with Crippen LogP contribution in [0.4, 0.5) is 0 Å². The van der Waals surface area contributed by atoms with Crippen LogP contribution in [-0.2, 0) is 36.7 Å². The molecule has 0 fully saturated rings. The van der Waals surface area contributed by atoms with Gasteiger partial charge in [0.15, 0.2) is 5.75 Å². The van der Waals surface area contributed by atoms with Crippen molar-refractivity contribution < 1.29 is 33.7 Å². The Hall–Kier alpha value is -3.40. The molecule has 1 heterocycles. The van der Waals surface area contributed by atoms with Gasteiger partial charge in [0.1, 0.15) is 6.29 Å². The fraction of sp³-hybridized carbons (Fsp3) is 0.484. The van der Waals surface area contributed by atoms with Gasteiger partial charge >= 0.3 is 11.9 Å². The largest absolute Gasteiger partial charge is 0.481 e. The third kappa shape index (κ3) is 22.6. The van der Waals surface area contributed by atoms with E-state index >= 15 is 0 Å². The first-order valence-corrected chi connectivity index (χ1v) is 13.2. The molecule has 0 bridgehead atoms. The minimum absolute atomic E-state index is 0.0577. The van der Waals surface area contributed by atoms with Gasteiger partial charge in [-0.2, -0.15) is 0 Å². The fourth-order valence-electron chi connectivity index (χ4n) is 2.82. The number of hydrogen-bond donors (Lipinski definition) is 2. The molecule has 0 amide bonds. The van der Waals surface area contributed by atoms with Gasteiger partial charge in [0.25, 0.3) is 0 Å². The van der Waals surface area contributed by atoms with E-state index in [-0.39, 0.29) is 23.9 Å². The number of carboxylic acids is 1. The van der Waals surface area contributed by atoms with E-state index in [1.165, 1.54) is 12.5 Å². The van der Waals surface area contributed by atoms with Crippen LogP contribution in [0.3, 0.4) is 0 Å². The molecule has 3 N–H and O–H groups in total. The summed E-state index contributed by atoms with van der Waals surface area (Å²) in [6.45, 7) is 11.4. The van der Waals surface area contributed by atoms with Crippen molar-refractivity contribution in [1.29, 1.82) is 0 Å². The molecule has 0 saturated carbocycles. The molecule has 0 spiro atoms. The van der Waals surface area contributed by atoms with Gasteiger partial charge in [0, 0.05) is 46.3 Å². The van der Waals surface area contributed by atoms with E-state index in [1.54, 1.807) is 46.4 Å². The van der Waals surface area contributed by atoms with Crippen LogP contribution in [0.5, 0.6) is 5.75 Å². The van der Waals surface area contributed by atoms with Crippen molar-refractivity contribution in [2.24, 2.45) is 17.6 Å². The lowest BCUT2D eigenvalue weighted by atomic mass is 9.95. The van der Waals surface area contributed by atoms with Crippen molar-refractivity contribution >= 4 is 18.2 Å². The molecule has 224 valence electrons. The Kier molecular flexibility index (Phi) is 25.0. The highest BCUT2D eigenvalue weighted by atomic mass is 16.5. The van der Waals surface area contributed by atoms with Crippen LogP contribution in [-0.4, -0.2) is 61.8 Å². The molecule has 9 nitrogen and oxygen atoms in total. The molecular formula is C31H48N2O7. The SMILES string of the molecule is C=CCCOC.CC(=O)Oc1cccnc1CCN.CC(C)C(=O)O.COC(C)CC(C=O)Cc1ccccc1. The van der Waals surface area contributed by atoms with Gasteiger partial charge in [-0.15, -0.1) is 6.58 Å². The normalized spacial score (nSPS) is 11.2. The summed E-state index contributed by atoms with van der Waals surface area (Å²) in [5.41, 5.74) is 7.31. The number of aromatic nitrogens is 1. The number of nitrogens with zero attached hydrogens (tertiary/aromatic N) is 1. The Labute approximate surface area is 239 Å². The number of nitrogens with two attached hydrogens (primary N) is 1. The number of hydrogen-bond acceptors (Lipinski definition) is 8. The molecular weight excluding hydrogens is 512 g/mol. The Morgan fingerprint density at radius 1 is 1.10 bits per heavy atom. The lowest BCUT2D eigenvalue weighted by Gasteiger charge is -2.14. The number of carboxylic acid groups (broad SMARTS) is 1. The Morgan fingerprint density at radius 3 is 2.15 bits per heavy atom. The molecule has 9 heteroatoms. The molecule has 0 aliphatic rings. The lowest BCUT2D eigenvalue weighted by Crippen LogP contribution is -2.15. The number of rotatable bonds is 13. The monoisotopic (exact) mass is 560 g/mol. The summed E-state index contributed by atoms with van der Waals surface area (Å²) >= 11 is 0. The fourth-order valence-corrected chi connectivity index (χ4v) is 2.82. The van der Waals surface area contributed by atoms with E-state index in [2.05, 4.69) is 11.6 Å². The molecule has 2 aromatic rings. The van der Waals surface area contributed by atoms with E-state index in [4.69, 9.17) is 25.1 Å². The Morgan fingerprint density at radius 2 is 1.73 bits per heavy atom. The zero-order valence-corrected chi connectivity index (χ0v) is 24.9. The summed E-state index contributed by atoms with van der Waals surface area (Å²) in [5, 5.41) is 7.99. The molecule has 0 radical (unpaired) electrons. The maximum absolute atomic E-state index is 10.9. The smallest absolute Gasteiger partial charge is 0.308 e. The molecule has 0 aliphatic carbocycles. The number of pyridine rings is 1. The quantitative estimate of drug-likeness (QED) is 0.151. The molecule has 1 aromatic heterocycles. The van der Waals surface area contributed by atoms with E-state index in [0.717, 1.165) is 37.8 Å². The van der Waals surface area contributed by atoms with Crippen LogP contribution >= 0.6 is 0 Å². The first-order valence-electron chi connectivity index (χ1n) is 13.2. The van der Waals surface area contributed by atoms with Crippen molar-refractivity contribution in [2.45, 2.75) is 59.5 Å². The number of esters is 1. The standard InChI is InChI=1S/C13H18O2.C9H12N2O2.C5H10O.C4H8O2/c1-11(15-2)8-13(10-14)9-12-6-4-3-5-7-12;1-7(12)13-9-3-2-6-11-8(9)4-5-10;1-3-4-5-6-2;1-3(2)4(5)6/h3-7,10-11,13H,8-9H2,1-2H3;2-3,6H,4-5,10H2,1H3;3H,1,4-5H2,2H3;3H,1-2H3,(H,5,6). The van der Waals surface area contributed by atoms with Crippen LogP contribution in [0, 0.1) is 11.8 Å². The zero-order valence-electron chi connectivity index (χ0n) is 24.9. The van der Waals surface area contributed by atoms with Gasteiger partial charge in [-0.25, -0.2) is 0 Å². The summed E-state index contributed by atoms with van der Waals surface area (Å²) in [6, 6.07) is 13.5. The molecule has 0 aliphatic heterocycles. The molecule has 1 aromatic carbocycles. The number of aliphatic carboxylic acids is 1. The van der Waals surface area contributed by atoms with Gasteiger partial charge in [0.05, 0.1) is 17.7 Å². The van der Waals surface area contributed by atoms with Gasteiger partial charge in [-0.3, -0.25) is 14.6 Å². The summed E-state index contributed by atoms with van der Waals surface area (Å²) in [4.78, 5) is 35.4. The minimum atomic E-state index is -0.741. The number of benzene rings is 1. The summed E-state index contributed by atoms with van der Waals surface area (Å²) in [5.74, 6) is -0.755. The third-order valence-electron chi connectivity index (χ3n) is 5.07. The third-order valence-corrected chi connectivity index (χ3v) is 5.07. The highest BCUT2D eigenvalue weighted by Gasteiger charge is 2.12. The van der Waals surface area contributed by atoms with Crippen molar-refractivity contribution in [3.8, 4) is 5.75 Å². The first kappa shape index (κ1) is 38.7. The summed E-state index contributed by atoms with van der Waals surface area (Å²) in [7, 11) is 3.36. The zero-order chi connectivity index (χ0) is 30.8. The second-order valence-corrected chi connectivity index (χ2v) is 9.01. The first-order chi connectivity index (χ1) is 19.1. The van der Waals surface area contributed by atoms with E-state index in [1.807, 2.05) is 43.3 Å². The molecule has 2 atom stereocenters. The maximum atomic E-state index is 10.9. The van der Waals surface area contributed by atoms with E-state index in [9.17, 15) is 14.4 Å². The van der Waals surface area contributed by atoms with Crippen molar-refractivity contribution in [3.05, 3.63) is 72.6 Å². The minimum Gasteiger partial charge on any atom is -0.481 e. The highest BCUT2D eigenvalue weighted by molar-refractivity contribution is 5.69. The van der Waals surface area contributed by atoms with Gasteiger partial charge in [-0.1, -0.05) is 50.3 Å². The Balaban J connectivity index is 0. The summed E-state index contributed by atoms with van der Waals surface area (Å²) in [6.07, 6.45) is 7.82. The number of methoxy groups -OCH3 is 2. The number of carbonyl (C=O) groups excluding carboxylic acids is 2. The average Bonchev–Trinajstić information content (AvgIpc) is 2.94. The predicted octanol–water partition coefficient (Wildman–Crippen LogP) is 4.91. The highest BCUT2D eigenvalue weighted by Crippen LogP contribution is 2.15. The molecule has 2 rings (SSSR count). The van der Waals surface area contributed by atoms with Crippen LogP contribution in [0.25, 0.3) is 0 Å². The van der Waals surface area contributed by atoms with Crippen LogP contribution < -0.4 is 10.5 Å². The Bertz CT molecular complexity index is 936. The average molecular weight is 561 g/mol. The molecule has 40 heavy (non-hydrogen) atoms. The van der Waals surface area contributed by atoms with Crippen LogP contribution in [0.15, 0.2) is 61.3 Å². The van der Waals surface area contributed by atoms with Crippen LogP contribution in [0.1, 0.15) is 51.8 Å². The van der Waals surface area contributed by atoms with Gasteiger partial charge < -0.3 is 29.8 Å². The van der Waals surface area contributed by atoms with Crippen LogP contribution in [0.2, 0.25) is 0 Å². The van der Waals surface area contributed by atoms with Gasteiger partial charge in [0.2, 0.25) is 0 Å². The topological polar surface area (TPSA) is 138 Å². The van der Waals surface area contributed by atoms with Gasteiger partial charge in [-0.05, 0) is 50.4 Å². The van der Waals surface area contributed by atoms with E-state index < -0.39 is 5.97 Å². The molecule has 0 saturated heterocycles. The number of ether oxygens (including phenoxy) is 3. The second kappa shape index (κ2) is 25.9. The lowest BCUT2D eigenvalue weighted by molar-refractivity contribution is -0.140. The van der Waals surface area contributed by atoms with Crippen molar-refractivity contribution in [2.75, 3.05) is 27.4 Å². The van der Waals surface area contributed by atoms with Crippen molar-refractivity contribution in [1.82, 2.24) is 4.98 Å². The number of aldehydes is 1. The number of carbonyl (C=O) groups is 3. The van der Waals surface area contributed by atoms with Crippen molar-refractivity contribution in [3.63, 3.8) is 0 Å².